The van der Waals surface area contributed by atoms with E-state index in [4.69, 9.17) is 0 Å². The smallest absolute Gasteiger partial charge is 0.288 e. The normalized spacial score (nSPS) is 16.8. The number of hydrogen-bond donors (Lipinski definition) is 2. The van der Waals surface area contributed by atoms with Crippen LogP contribution in [0.2, 0.25) is 0 Å². The second-order valence-electron chi connectivity index (χ2n) is 6.35. The van der Waals surface area contributed by atoms with Crippen LogP contribution in [0, 0.1) is 20.8 Å². The van der Waals surface area contributed by atoms with Gasteiger partial charge in [-0.3, -0.25) is 4.79 Å². The molecule has 3 rings (SSSR count). The van der Waals surface area contributed by atoms with E-state index in [9.17, 15) is 4.79 Å². The van der Waals surface area contributed by atoms with Gasteiger partial charge in [-0.15, -0.1) is 5.10 Å². The first-order valence-corrected chi connectivity index (χ1v) is 8.36. The molecule has 0 unspecified atom stereocenters. The van der Waals surface area contributed by atoms with Crippen LogP contribution in [-0.4, -0.2) is 52.3 Å². The van der Waals surface area contributed by atoms with E-state index in [1.165, 1.54) is 0 Å². The number of aromatic nitrogens is 4. The molecule has 1 amide bonds. The summed E-state index contributed by atoms with van der Waals surface area (Å²) < 4.78 is 0. The van der Waals surface area contributed by atoms with Crippen molar-refractivity contribution in [2.24, 2.45) is 0 Å². The third kappa shape index (κ3) is 3.67. The highest BCUT2D eigenvalue weighted by Gasteiger charge is 2.26. The second kappa shape index (κ2) is 7.00. The molecule has 2 N–H and O–H groups in total. The Kier molecular flexibility index (Phi) is 4.78. The maximum absolute atomic E-state index is 11.9. The minimum Gasteiger partial charge on any atom is -0.364 e. The van der Waals surface area contributed by atoms with Crippen molar-refractivity contribution in [3.8, 4) is 0 Å². The standard InChI is InChI=1S/C17H23N7O/c1-10-7-14(23-19-8-10)21-13-5-6-24(9-13)16-11(2)12(3)20-15(22-16)17(25)18-4/h7-8,13H,5-6,9H2,1-4H3,(H,18,25)(H,21,23)/t13-/m1/s1. The Bertz CT molecular complexity index is 793. The number of carbonyl (C=O) groups is 1. The number of rotatable bonds is 4. The minimum atomic E-state index is -0.270. The Hall–Kier alpha value is -2.77. The first-order chi connectivity index (χ1) is 12.0. The molecule has 25 heavy (non-hydrogen) atoms. The first-order valence-electron chi connectivity index (χ1n) is 8.36. The van der Waals surface area contributed by atoms with Crippen LogP contribution < -0.4 is 15.5 Å². The number of aryl methyl sites for hydroxylation is 2. The fourth-order valence-electron chi connectivity index (χ4n) is 2.95. The molecule has 0 radical (unpaired) electrons. The second-order valence-corrected chi connectivity index (χ2v) is 6.35. The topological polar surface area (TPSA) is 95.9 Å². The third-order valence-corrected chi connectivity index (χ3v) is 4.42. The van der Waals surface area contributed by atoms with Crippen molar-refractivity contribution < 1.29 is 4.79 Å². The minimum absolute atomic E-state index is 0.210. The average molecular weight is 341 g/mol. The van der Waals surface area contributed by atoms with Crippen molar-refractivity contribution in [2.75, 3.05) is 30.4 Å². The van der Waals surface area contributed by atoms with Crippen LogP contribution in [0.3, 0.4) is 0 Å². The number of amides is 1. The summed E-state index contributed by atoms with van der Waals surface area (Å²) in [6.07, 6.45) is 2.70. The molecule has 0 saturated carbocycles. The molecule has 0 aliphatic carbocycles. The van der Waals surface area contributed by atoms with E-state index in [2.05, 4.69) is 35.7 Å². The van der Waals surface area contributed by atoms with Crippen LogP contribution in [-0.2, 0) is 0 Å². The Morgan fingerprint density at radius 1 is 1.28 bits per heavy atom. The highest BCUT2D eigenvalue weighted by atomic mass is 16.2. The predicted molar refractivity (Wildman–Crippen MR) is 95.9 cm³/mol. The summed E-state index contributed by atoms with van der Waals surface area (Å²) in [5, 5.41) is 14.1. The van der Waals surface area contributed by atoms with Gasteiger partial charge in [-0.2, -0.15) is 5.10 Å². The summed E-state index contributed by atoms with van der Waals surface area (Å²) in [5.74, 6) is 1.55. The molecule has 1 aliphatic heterocycles. The molecule has 132 valence electrons. The number of nitrogens with zero attached hydrogens (tertiary/aromatic N) is 5. The van der Waals surface area contributed by atoms with Gasteiger partial charge in [0.15, 0.2) is 0 Å². The molecule has 1 aliphatic rings. The number of anilines is 2. The molecule has 8 heteroatoms. The molecule has 1 saturated heterocycles. The fraction of sp³-hybridized carbons (Fsp3) is 0.471. The van der Waals surface area contributed by atoms with E-state index < -0.39 is 0 Å². The summed E-state index contributed by atoms with van der Waals surface area (Å²) in [7, 11) is 1.58. The van der Waals surface area contributed by atoms with Crippen LogP contribution >= 0.6 is 0 Å². The Morgan fingerprint density at radius 2 is 2.08 bits per heavy atom. The molecule has 0 bridgehead atoms. The largest absolute Gasteiger partial charge is 0.364 e. The van der Waals surface area contributed by atoms with Crippen molar-refractivity contribution in [3.05, 3.63) is 34.9 Å². The number of carbonyl (C=O) groups excluding carboxylic acids is 1. The van der Waals surface area contributed by atoms with Gasteiger partial charge >= 0.3 is 0 Å². The van der Waals surface area contributed by atoms with E-state index in [-0.39, 0.29) is 17.8 Å². The van der Waals surface area contributed by atoms with Gasteiger partial charge in [-0.05, 0) is 38.8 Å². The molecule has 8 nitrogen and oxygen atoms in total. The van der Waals surface area contributed by atoms with E-state index >= 15 is 0 Å². The Morgan fingerprint density at radius 3 is 2.80 bits per heavy atom. The van der Waals surface area contributed by atoms with Crippen LogP contribution in [0.5, 0.6) is 0 Å². The lowest BCUT2D eigenvalue weighted by molar-refractivity contribution is 0.0952. The van der Waals surface area contributed by atoms with E-state index in [0.717, 1.165) is 48.0 Å². The quantitative estimate of drug-likeness (QED) is 0.864. The van der Waals surface area contributed by atoms with Crippen molar-refractivity contribution in [3.63, 3.8) is 0 Å². The van der Waals surface area contributed by atoms with E-state index in [1.807, 2.05) is 26.8 Å². The van der Waals surface area contributed by atoms with Gasteiger partial charge in [0.2, 0.25) is 5.82 Å². The van der Waals surface area contributed by atoms with Crippen molar-refractivity contribution in [1.82, 2.24) is 25.5 Å². The monoisotopic (exact) mass is 341 g/mol. The van der Waals surface area contributed by atoms with Gasteiger partial charge in [0, 0.05) is 37.4 Å². The average Bonchev–Trinajstić information content (AvgIpc) is 3.04. The highest BCUT2D eigenvalue weighted by Crippen LogP contribution is 2.25. The molecule has 3 heterocycles. The van der Waals surface area contributed by atoms with Gasteiger partial charge in [0.05, 0.1) is 6.20 Å². The van der Waals surface area contributed by atoms with Gasteiger partial charge < -0.3 is 15.5 Å². The first kappa shape index (κ1) is 17.1. The van der Waals surface area contributed by atoms with Gasteiger partial charge in [0.25, 0.3) is 5.91 Å². The van der Waals surface area contributed by atoms with Crippen molar-refractivity contribution >= 4 is 17.5 Å². The SMILES string of the molecule is CNC(=O)c1nc(C)c(C)c(N2CC[C@@H](Nc3cc(C)cnn3)C2)n1. The Labute approximate surface area is 147 Å². The summed E-state index contributed by atoms with van der Waals surface area (Å²) >= 11 is 0. The fourth-order valence-corrected chi connectivity index (χ4v) is 2.95. The molecule has 0 aromatic carbocycles. The number of nitrogens with one attached hydrogen (secondary N) is 2. The highest BCUT2D eigenvalue weighted by molar-refractivity contribution is 5.90. The van der Waals surface area contributed by atoms with Crippen LogP contribution in [0.4, 0.5) is 11.6 Å². The van der Waals surface area contributed by atoms with Crippen molar-refractivity contribution in [2.45, 2.75) is 33.2 Å². The molecule has 2 aromatic rings. The maximum atomic E-state index is 11.9. The maximum Gasteiger partial charge on any atom is 0.288 e. The van der Waals surface area contributed by atoms with E-state index in [0.29, 0.717) is 0 Å². The summed E-state index contributed by atoms with van der Waals surface area (Å²) in [6.45, 7) is 7.54. The zero-order valence-electron chi connectivity index (χ0n) is 15.0. The lowest BCUT2D eigenvalue weighted by Gasteiger charge is -2.21. The molecular weight excluding hydrogens is 318 g/mol. The Balaban J connectivity index is 1.77. The summed E-state index contributed by atoms with van der Waals surface area (Å²) in [4.78, 5) is 22.9. The van der Waals surface area contributed by atoms with Gasteiger partial charge in [-0.25, -0.2) is 9.97 Å². The van der Waals surface area contributed by atoms with E-state index in [1.54, 1.807) is 13.2 Å². The molecule has 2 aromatic heterocycles. The van der Waals surface area contributed by atoms with Gasteiger partial charge in [-0.1, -0.05) is 0 Å². The molecular formula is C17H23N7O. The molecule has 1 atom stereocenters. The van der Waals surface area contributed by atoms with Crippen LogP contribution in [0.25, 0.3) is 0 Å². The molecule has 0 spiro atoms. The zero-order valence-corrected chi connectivity index (χ0v) is 15.0. The van der Waals surface area contributed by atoms with Gasteiger partial charge in [0.1, 0.15) is 11.6 Å². The zero-order chi connectivity index (χ0) is 18.0. The predicted octanol–water partition coefficient (Wildman–Crippen LogP) is 1.24. The summed E-state index contributed by atoms with van der Waals surface area (Å²) in [5.41, 5.74) is 2.90. The van der Waals surface area contributed by atoms with Crippen molar-refractivity contribution in [1.29, 1.82) is 0 Å². The third-order valence-electron chi connectivity index (χ3n) is 4.42. The summed E-state index contributed by atoms with van der Waals surface area (Å²) in [6, 6.07) is 2.24. The molecule has 1 fully saturated rings. The lowest BCUT2D eigenvalue weighted by atomic mass is 10.2. The lowest BCUT2D eigenvalue weighted by Crippen LogP contribution is -2.29. The number of hydrogen-bond acceptors (Lipinski definition) is 7. The van der Waals surface area contributed by atoms with Crippen LogP contribution in [0.1, 0.15) is 33.9 Å². The van der Waals surface area contributed by atoms with Crippen LogP contribution in [0.15, 0.2) is 12.3 Å².